The number of nitrogens with two attached hydrogens (primary N) is 3. The number of fused-ring (bicyclic) bond motifs is 3. The van der Waals surface area contributed by atoms with Crippen LogP contribution in [0.25, 0.3) is 0 Å². The van der Waals surface area contributed by atoms with Gasteiger partial charge in [0.15, 0.2) is 23.2 Å². The molecule has 61 heavy (non-hydrogen) atoms. The van der Waals surface area contributed by atoms with Gasteiger partial charge in [0.1, 0.15) is 23.2 Å². The number of hydroxylamine groups is 2. The first-order valence-corrected chi connectivity index (χ1v) is 20.8. The lowest BCUT2D eigenvalue weighted by Gasteiger charge is -2.49. The zero-order valence-corrected chi connectivity index (χ0v) is 34.7. The number of anilines is 3. The number of carbonyl (C=O) groups excluding carboxylic acids is 4. The van der Waals surface area contributed by atoms with Gasteiger partial charge in [-0.1, -0.05) is 5.16 Å². The van der Waals surface area contributed by atoms with Gasteiger partial charge in [0.2, 0.25) is 33.7 Å². The van der Waals surface area contributed by atoms with E-state index in [1.165, 1.54) is 41.4 Å². The maximum atomic E-state index is 13.3. The molecule has 2 aromatic rings. The molecule has 6 amide bonds. The maximum absolute atomic E-state index is 13.3. The fourth-order valence-corrected chi connectivity index (χ4v) is 8.25. The number of piperidine rings is 1. The van der Waals surface area contributed by atoms with Crippen LogP contribution < -0.4 is 37.8 Å². The van der Waals surface area contributed by atoms with Crippen molar-refractivity contribution in [3.63, 3.8) is 0 Å². The Balaban J connectivity index is 0.000000366. The topological polar surface area (TPSA) is 413 Å². The predicted octanol–water partition coefficient (Wildman–Crippen LogP) is -3.40. The van der Waals surface area contributed by atoms with E-state index >= 15 is 0 Å². The lowest BCUT2D eigenvalue weighted by molar-refractivity contribution is -0.765. The third-order valence-corrected chi connectivity index (χ3v) is 11.5. The average Bonchev–Trinajstić information content (AvgIpc) is 3.81. The molecular formula is C30H39N15O13S3. The van der Waals surface area contributed by atoms with E-state index in [9.17, 15) is 52.0 Å². The van der Waals surface area contributed by atoms with E-state index in [1.54, 1.807) is 11.7 Å². The van der Waals surface area contributed by atoms with E-state index in [4.69, 9.17) is 27.3 Å². The lowest BCUT2D eigenvalue weighted by atomic mass is 10.0. The van der Waals surface area contributed by atoms with Gasteiger partial charge in [0.05, 0.1) is 19.2 Å². The highest BCUT2D eigenvalue weighted by Crippen LogP contribution is 2.40. The first-order chi connectivity index (χ1) is 28.6. The van der Waals surface area contributed by atoms with Gasteiger partial charge in [0.25, 0.3) is 11.8 Å². The van der Waals surface area contributed by atoms with Crippen molar-refractivity contribution in [3.05, 3.63) is 23.3 Å². The first-order valence-electron chi connectivity index (χ1n) is 17.6. The number of oxime groups is 1. The van der Waals surface area contributed by atoms with Gasteiger partial charge in [-0.25, -0.2) is 27.6 Å². The molecule has 2 aromatic heterocycles. The molecule has 0 saturated carbocycles. The molecule has 2 bridgehead atoms. The number of nitrogens with zero attached hydrogens (tertiary/aromatic N) is 9. The summed E-state index contributed by atoms with van der Waals surface area (Å²) in [4.78, 5) is 85.2. The molecule has 0 aliphatic carbocycles. The Kier molecular flexibility index (Phi) is 13.6. The van der Waals surface area contributed by atoms with Crippen LogP contribution >= 0.6 is 23.3 Å². The van der Waals surface area contributed by atoms with E-state index in [2.05, 4.69) is 34.7 Å². The monoisotopic (exact) mass is 913 g/mol. The second-order valence-corrected chi connectivity index (χ2v) is 16.6. The number of carboxylic acid groups (broad SMARTS) is 2. The molecule has 3 saturated heterocycles. The number of nitriles is 1. The molecule has 330 valence electrons. The number of nitrogens with one attached hydrogen (secondary N) is 3. The number of nitrogen functional groups attached to an aromatic ring is 2. The molecule has 4 aliphatic heterocycles. The summed E-state index contributed by atoms with van der Waals surface area (Å²) in [6.45, 7) is 3.14. The number of carboxylic acids is 2. The normalized spacial score (nSPS) is 21.1. The fourth-order valence-electron chi connectivity index (χ4n) is 6.10. The molecule has 0 radical (unpaired) electrons. The van der Waals surface area contributed by atoms with Gasteiger partial charge in [-0.05, 0) is 26.7 Å². The second kappa shape index (κ2) is 18.1. The van der Waals surface area contributed by atoms with Gasteiger partial charge in [-0.3, -0.25) is 19.8 Å². The number of urea groups is 2. The smallest absolute Gasteiger partial charge is 0.352 e. The van der Waals surface area contributed by atoms with Crippen molar-refractivity contribution < 1.29 is 65.8 Å². The summed E-state index contributed by atoms with van der Waals surface area (Å²) >= 11 is 1.96. The van der Waals surface area contributed by atoms with E-state index in [-0.39, 0.29) is 60.1 Å². The lowest BCUT2D eigenvalue weighted by Crippen LogP contribution is -2.71. The molecule has 4 aliphatic rings. The third-order valence-electron chi connectivity index (χ3n) is 9.25. The number of carbonyl (C=O) groups is 6. The number of aromatic nitrogens is 4. The number of hydrogen-bond acceptors (Lipinski definition) is 20. The largest absolute Gasteiger partial charge is 0.724 e. The number of amides is 6. The molecule has 28 nitrogen and oxygen atoms in total. The molecule has 0 aromatic carbocycles. The summed E-state index contributed by atoms with van der Waals surface area (Å²) in [6, 6.07) is -1.53. The Hall–Kier alpha value is -6.33. The van der Waals surface area contributed by atoms with Crippen LogP contribution in [-0.2, 0) is 52.3 Å². The van der Waals surface area contributed by atoms with Crippen molar-refractivity contribution in [2.75, 3.05) is 42.2 Å². The van der Waals surface area contributed by atoms with E-state index in [1.807, 2.05) is 6.07 Å². The molecule has 11 N–H and O–H groups in total. The SMILES string of the molecule is Cn1c(N)c(NC(=O)NCCN)c[n+]1CC1=C(C(=O)O)N2C(=O)[C@@H](NC(=O)/C(=N\OC(C)(C)C(=O)O)c3nsc(N)n3)[C@H]2SC1.N#C[C@@H]1CC[C@@H]2CN1C(=O)N2OS(=O)(=O)[O-]. The van der Waals surface area contributed by atoms with Crippen LogP contribution in [0.15, 0.2) is 22.6 Å². The minimum atomic E-state index is -4.96. The Labute approximate surface area is 353 Å². The molecule has 4 atom stereocenters. The highest BCUT2D eigenvalue weighted by atomic mass is 32.3. The highest BCUT2D eigenvalue weighted by molar-refractivity contribution is 8.00. The fraction of sp³-hybridized carbons (Fsp3) is 0.500. The van der Waals surface area contributed by atoms with Crippen LogP contribution in [0.4, 0.5) is 26.2 Å². The third kappa shape index (κ3) is 10.0. The van der Waals surface area contributed by atoms with E-state index < -0.39 is 81.0 Å². The quantitative estimate of drug-likeness (QED) is 0.0229. The second-order valence-electron chi connectivity index (χ2n) is 13.8. The minimum absolute atomic E-state index is 0.00361. The summed E-state index contributed by atoms with van der Waals surface area (Å²) < 4.78 is 42.3. The summed E-state index contributed by atoms with van der Waals surface area (Å²) in [6.07, 6.45) is 2.41. The van der Waals surface area contributed by atoms with Crippen LogP contribution in [0.1, 0.15) is 32.5 Å². The van der Waals surface area contributed by atoms with Crippen LogP contribution in [0.3, 0.4) is 0 Å². The number of thioether (sulfide) groups is 1. The van der Waals surface area contributed by atoms with Gasteiger partial charge in [0, 0.05) is 42.5 Å². The summed E-state index contributed by atoms with van der Waals surface area (Å²) in [5.41, 5.74) is 15.2. The summed E-state index contributed by atoms with van der Waals surface area (Å²) in [7, 11) is -3.34. The van der Waals surface area contributed by atoms with Gasteiger partial charge in [-0.2, -0.15) is 24.0 Å². The molecule has 6 heterocycles. The molecule has 0 spiro atoms. The summed E-state index contributed by atoms with van der Waals surface area (Å²) in [5, 5.41) is 39.2. The van der Waals surface area contributed by atoms with E-state index in [0.717, 1.165) is 16.4 Å². The highest BCUT2D eigenvalue weighted by Gasteiger charge is 2.55. The van der Waals surface area contributed by atoms with Crippen molar-refractivity contribution >= 4 is 91.9 Å². The van der Waals surface area contributed by atoms with E-state index in [0.29, 0.717) is 23.5 Å². The van der Waals surface area contributed by atoms with Crippen LogP contribution in [0, 0.1) is 11.3 Å². The number of hydrogen-bond donors (Lipinski definition) is 8. The number of rotatable bonds is 14. The average molecular weight is 914 g/mol. The van der Waals surface area contributed by atoms with Crippen molar-refractivity contribution in [1.29, 1.82) is 5.26 Å². The Bertz CT molecular complexity index is 2340. The maximum Gasteiger partial charge on any atom is 0.352 e. The van der Waals surface area contributed by atoms with Crippen molar-refractivity contribution in [2.24, 2.45) is 17.9 Å². The van der Waals surface area contributed by atoms with Crippen LogP contribution in [0.5, 0.6) is 0 Å². The van der Waals surface area contributed by atoms with Crippen molar-refractivity contribution in [3.8, 4) is 6.07 Å². The first kappa shape index (κ1) is 45.7. The van der Waals surface area contributed by atoms with Crippen molar-refractivity contribution in [2.45, 2.75) is 62.3 Å². The molecule has 3 fully saturated rings. The zero-order valence-electron chi connectivity index (χ0n) is 32.2. The summed E-state index contributed by atoms with van der Waals surface area (Å²) in [5.74, 6) is -4.28. The van der Waals surface area contributed by atoms with Crippen molar-refractivity contribution in [1.82, 2.24) is 39.5 Å². The number of aliphatic carboxylic acids is 2. The zero-order chi connectivity index (χ0) is 45.1. The molecule has 0 unspecified atom stereocenters. The molecular weight excluding hydrogens is 875 g/mol. The van der Waals surface area contributed by atoms with Gasteiger partial charge in [-0.15, -0.1) is 21.1 Å². The Morgan fingerprint density at radius 3 is 2.51 bits per heavy atom. The minimum Gasteiger partial charge on any atom is -0.724 e. The Morgan fingerprint density at radius 1 is 1.21 bits per heavy atom. The predicted molar refractivity (Wildman–Crippen MR) is 207 cm³/mol. The molecule has 31 heteroatoms. The van der Waals surface area contributed by atoms with Gasteiger partial charge >= 0.3 is 24.0 Å². The standard InChI is InChI=1S/C23H30N12O8S2.C7H9N3O5S/c1-23(2,20(40)41)43-31-11(15-30-21(26)45-32-15)16(36)29-12-17(37)35-13(19(38)39)9(8-44-18(12)35)6-34-7-10(14(25)33(34)3)28-22(42)27-5-4-24;8-3-5-1-2-6-4-9(5)7(11)10(6)15-16(12,13)14/h7,12,18,25H,4-6,8,24H2,1-3H3,(H7,26,27,28,29,30,32,36,38,39,40,41,42);5-6H,1-2,4H2,(H,12,13,14)/b31-11-;/t12-,18-;5-,6+/m10/s1. The van der Waals surface area contributed by atoms with Gasteiger partial charge < -0.3 is 52.3 Å². The van der Waals surface area contributed by atoms with Crippen LogP contribution in [-0.4, -0.2) is 148 Å². The Morgan fingerprint density at radius 2 is 1.92 bits per heavy atom. The van der Waals surface area contributed by atoms with Crippen LogP contribution in [0.2, 0.25) is 0 Å². The molecule has 6 rings (SSSR count). The number of β-lactam (4-membered cyclic amide) rings is 1.